The zero-order valence-electron chi connectivity index (χ0n) is 13.3. The Hall–Kier alpha value is -2.50. The van der Waals surface area contributed by atoms with Crippen LogP contribution < -0.4 is 0 Å². The summed E-state index contributed by atoms with van der Waals surface area (Å²) in [6.45, 7) is 0. The molecule has 0 spiro atoms. The summed E-state index contributed by atoms with van der Waals surface area (Å²) in [5.74, 6) is -3.02. The van der Waals surface area contributed by atoms with Crippen molar-refractivity contribution in [3.63, 3.8) is 0 Å². The topological polar surface area (TPSA) is 109 Å². The average Bonchev–Trinajstić information content (AvgIpc) is 3.23. The molecular weight excluding hydrogens is 368 g/mol. The number of carboxylic acid groups (broad SMARTS) is 2. The van der Waals surface area contributed by atoms with E-state index in [0.717, 1.165) is 0 Å². The van der Waals surface area contributed by atoms with Gasteiger partial charge in [0, 0.05) is 29.9 Å². The number of hydrogen-bond donors (Lipinski definition) is 2. The minimum absolute atomic E-state index is 0. The van der Waals surface area contributed by atoms with Gasteiger partial charge in [-0.2, -0.15) is 12.1 Å². The molecule has 0 saturated heterocycles. The Labute approximate surface area is 155 Å². The van der Waals surface area contributed by atoms with Gasteiger partial charge in [0.05, 0.1) is 12.2 Å². The van der Waals surface area contributed by atoms with Crippen molar-refractivity contribution in [2.45, 2.75) is 25.7 Å². The summed E-state index contributed by atoms with van der Waals surface area (Å²) in [7, 11) is 0. The molecule has 2 rings (SSSR count). The second-order valence-corrected chi connectivity index (χ2v) is 4.95. The Morgan fingerprint density at radius 3 is 1.80 bits per heavy atom. The molecule has 0 radical (unpaired) electrons. The van der Waals surface area contributed by atoms with E-state index in [2.05, 4.69) is 0 Å². The smallest absolute Gasteiger partial charge is 0.303 e. The Kier molecular flexibility index (Phi) is 10.8. The van der Waals surface area contributed by atoms with E-state index in [9.17, 15) is 19.2 Å². The molecule has 0 unspecified atom stereocenters. The third kappa shape index (κ3) is 8.79. The van der Waals surface area contributed by atoms with E-state index in [1.54, 1.807) is 0 Å². The Morgan fingerprint density at radius 2 is 1.32 bits per heavy atom. The Balaban J connectivity index is 0.000000820. The largest absolute Gasteiger partial charge is 0.748 e. The van der Waals surface area contributed by atoms with Crippen molar-refractivity contribution in [3.05, 3.63) is 59.7 Å². The first-order chi connectivity index (χ1) is 11.4. The van der Waals surface area contributed by atoms with Crippen LogP contribution in [0, 0.1) is 0 Å². The SMILES string of the molecule is O=C(O)CCC(=O)c1ccc[c-]1C(=O)CCC(=O)O.[Fe].[cH-]1[cH-][cH-][cH-][cH-]1. The number of hydrogen-bond acceptors (Lipinski definition) is 4. The van der Waals surface area contributed by atoms with Crippen LogP contribution in [0.4, 0.5) is 0 Å². The summed E-state index contributed by atoms with van der Waals surface area (Å²) < 4.78 is 0. The number of carbonyl (C=O) groups is 4. The molecule has 2 N–H and O–H groups in total. The summed E-state index contributed by atoms with van der Waals surface area (Å²) >= 11 is 0. The van der Waals surface area contributed by atoms with E-state index < -0.39 is 23.5 Å². The van der Waals surface area contributed by atoms with E-state index in [4.69, 9.17) is 10.2 Å². The van der Waals surface area contributed by atoms with Crippen molar-refractivity contribution >= 4 is 23.5 Å². The number of aliphatic carboxylic acids is 2. The van der Waals surface area contributed by atoms with Crippen molar-refractivity contribution in [1.29, 1.82) is 0 Å². The molecule has 0 aliphatic rings. The zero-order chi connectivity index (χ0) is 17.9. The van der Waals surface area contributed by atoms with Gasteiger partial charge in [0.2, 0.25) is 0 Å². The summed E-state index contributed by atoms with van der Waals surface area (Å²) in [5.41, 5.74) is 0.327. The van der Waals surface area contributed by atoms with Crippen LogP contribution in [0.15, 0.2) is 48.5 Å². The van der Waals surface area contributed by atoms with Crippen molar-refractivity contribution in [2.24, 2.45) is 0 Å². The standard InChI is InChI=1S/C13H13O6.C5H5.Fe/c14-10(4-6-12(16)17)8-2-1-3-9(8)11(15)5-7-13(18)19;1-2-4-5-3-1;/h1-3H,4-7H2,(H,16,17)(H,18,19);1-5H;/q-1;-5;. The number of carbonyl (C=O) groups excluding carboxylic acids is 2. The summed E-state index contributed by atoms with van der Waals surface area (Å²) in [5, 5.41) is 17.0. The second kappa shape index (κ2) is 11.9. The maximum atomic E-state index is 11.7. The zero-order valence-corrected chi connectivity index (χ0v) is 14.4. The van der Waals surface area contributed by atoms with Crippen molar-refractivity contribution < 1.29 is 46.5 Å². The molecule has 0 aromatic heterocycles. The molecule has 0 amide bonds. The van der Waals surface area contributed by atoms with E-state index in [1.165, 1.54) is 18.2 Å². The quantitative estimate of drug-likeness (QED) is 0.410. The van der Waals surface area contributed by atoms with Crippen LogP contribution in [-0.4, -0.2) is 33.7 Å². The molecule has 0 heterocycles. The van der Waals surface area contributed by atoms with Gasteiger partial charge in [-0.05, 0) is 6.42 Å². The van der Waals surface area contributed by atoms with Crippen molar-refractivity contribution in [2.75, 3.05) is 0 Å². The Bertz CT molecular complexity index is 623. The molecule has 7 heteroatoms. The Morgan fingerprint density at radius 1 is 0.840 bits per heavy atom. The first-order valence-corrected chi connectivity index (χ1v) is 7.34. The number of carboxylic acids is 2. The molecule has 0 fully saturated rings. The van der Waals surface area contributed by atoms with Crippen LogP contribution in [0.1, 0.15) is 46.4 Å². The predicted octanol–water partition coefficient (Wildman–Crippen LogP) is 2.90. The van der Waals surface area contributed by atoms with Crippen LogP contribution in [-0.2, 0) is 26.7 Å². The van der Waals surface area contributed by atoms with Gasteiger partial charge >= 0.3 is 11.9 Å². The fourth-order valence-electron chi connectivity index (χ4n) is 1.94. The van der Waals surface area contributed by atoms with Crippen LogP contribution in [0.2, 0.25) is 0 Å². The van der Waals surface area contributed by atoms with Gasteiger partial charge in [-0.1, -0.05) is 5.56 Å². The van der Waals surface area contributed by atoms with Gasteiger partial charge in [0.25, 0.3) is 0 Å². The van der Waals surface area contributed by atoms with E-state index in [-0.39, 0.29) is 53.9 Å². The minimum atomic E-state index is -1.08. The third-order valence-electron chi connectivity index (χ3n) is 3.10. The maximum Gasteiger partial charge on any atom is 0.303 e. The van der Waals surface area contributed by atoms with Gasteiger partial charge < -0.3 is 50.1 Å². The number of Topliss-reactive ketones (excluding diaryl/α,β-unsaturated/α-hetero) is 2. The molecule has 0 bridgehead atoms. The predicted molar refractivity (Wildman–Crippen MR) is 86.5 cm³/mol. The van der Waals surface area contributed by atoms with Crippen LogP contribution in [0.5, 0.6) is 0 Å². The van der Waals surface area contributed by atoms with Gasteiger partial charge in [-0.15, -0.1) is 11.6 Å². The molecule has 140 valence electrons. The second-order valence-electron chi connectivity index (χ2n) is 4.95. The molecule has 0 saturated carbocycles. The minimum Gasteiger partial charge on any atom is -0.748 e. The summed E-state index contributed by atoms with van der Waals surface area (Å²) in [4.78, 5) is 44.3. The monoisotopic (exact) mass is 386 g/mol. The normalized spacial score (nSPS) is 9.28. The van der Waals surface area contributed by atoms with Crippen LogP contribution in [0.3, 0.4) is 0 Å². The third-order valence-corrected chi connectivity index (χ3v) is 3.10. The molecule has 6 nitrogen and oxygen atoms in total. The molecule has 2 aromatic rings. The van der Waals surface area contributed by atoms with Crippen molar-refractivity contribution in [1.82, 2.24) is 0 Å². The van der Waals surface area contributed by atoms with Crippen molar-refractivity contribution in [3.8, 4) is 0 Å². The average molecular weight is 386 g/mol. The van der Waals surface area contributed by atoms with E-state index in [1.807, 2.05) is 30.3 Å². The number of ketones is 2. The van der Waals surface area contributed by atoms with Crippen LogP contribution in [0.25, 0.3) is 0 Å². The van der Waals surface area contributed by atoms with Gasteiger partial charge in [-0.25, -0.2) is 0 Å². The molecule has 25 heavy (non-hydrogen) atoms. The molecular formula is C18H18FeO6-6. The molecule has 0 atom stereocenters. The fraction of sp³-hybridized carbons (Fsp3) is 0.222. The van der Waals surface area contributed by atoms with Gasteiger partial charge in [0.15, 0.2) is 0 Å². The first kappa shape index (κ1) is 22.5. The van der Waals surface area contributed by atoms with Gasteiger partial charge in [-0.3, -0.25) is 9.59 Å². The number of rotatable bonds is 8. The maximum absolute atomic E-state index is 11.7. The van der Waals surface area contributed by atoms with E-state index >= 15 is 0 Å². The molecule has 0 aliphatic carbocycles. The summed E-state index contributed by atoms with van der Waals surface area (Å²) in [6, 6.07) is 14.4. The molecule has 0 aliphatic heterocycles. The molecule has 2 aromatic carbocycles. The van der Waals surface area contributed by atoms with E-state index in [0.29, 0.717) is 0 Å². The van der Waals surface area contributed by atoms with Gasteiger partial charge in [0.1, 0.15) is 5.78 Å². The first-order valence-electron chi connectivity index (χ1n) is 7.34. The summed E-state index contributed by atoms with van der Waals surface area (Å²) in [6.07, 6.45) is -0.962. The van der Waals surface area contributed by atoms with Crippen LogP contribution >= 0.6 is 0 Å². The fourth-order valence-corrected chi connectivity index (χ4v) is 1.94.